The van der Waals surface area contributed by atoms with E-state index in [0.29, 0.717) is 43.7 Å². The molecule has 2 saturated heterocycles. The number of rotatable bonds is 5. The maximum Gasteiger partial charge on any atom is 0.338 e. The zero-order chi connectivity index (χ0) is 17.2. The van der Waals surface area contributed by atoms with Gasteiger partial charge in [-0.25, -0.2) is 13.2 Å². The second-order valence-electron chi connectivity index (χ2n) is 5.91. The number of sulfonamides is 1. The monoisotopic (exact) mass is 352 g/mol. The van der Waals surface area contributed by atoms with Gasteiger partial charge in [-0.3, -0.25) is 9.10 Å². The molecule has 0 N–H and O–H groups in total. The van der Waals surface area contributed by atoms with Gasteiger partial charge >= 0.3 is 5.97 Å². The maximum absolute atomic E-state index is 12.1. The molecule has 1 aromatic carbocycles. The van der Waals surface area contributed by atoms with Crippen LogP contribution in [0.4, 0.5) is 5.69 Å². The average molecular weight is 352 g/mol. The zero-order valence-corrected chi connectivity index (χ0v) is 14.1. The smallest absolute Gasteiger partial charge is 0.338 e. The number of hydrogen-bond donors (Lipinski definition) is 0. The first-order chi connectivity index (χ1) is 11.5. The van der Waals surface area contributed by atoms with Crippen LogP contribution in [0.3, 0.4) is 0 Å². The summed E-state index contributed by atoms with van der Waals surface area (Å²) in [6.45, 7) is 1.66. The van der Waals surface area contributed by atoms with Crippen LogP contribution in [0.5, 0.6) is 0 Å². The van der Waals surface area contributed by atoms with Crippen molar-refractivity contribution in [2.75, 3.05) is 36.3 Å². The van der Waals surface area contributed by atoms with Crippen molar-refractivity contribution in [3.8, 4) is 0 Å². The van der Waals surface area contributed by atoms with Gasteiger partial charge in [0.2, 0.25) is 15.9 Å². The summed E-state index contributed by atoms with van der Waals surface area (Å²) in [6, 6.07) is 6.44. The molecule has 0 unspecified atom stereocenters. The van der Waals surface area contributed by atoms with Crippen LogP contribution < -0.4 is 4.31 Å². The summed E-state index contributed by atoms with van der Waals surface area (Å²) in [4.78, 5) is 25.3. The van der Waals surface area contributed by atoms with Gasteiger partial charge in [0, 0.05) is 19.5 Å². The number of anilines is 1. The largest absolute Gasteiger partial charge is 0.460 e. The number of nitrogens with zero attached hydrogens (tertiary/aromatic N) is 2. The highest BCUT2D eigenvalue weighted by atomic mass is 32.2. The number of carbonyl (C=O) groups is 2. The van der Waals surface area contributed by atoms with Crippen LogP contribution in [0.2, 0.25) is 0 Å². The lowest BCUT2D eigenvalue weighted by atomic mass is 10.2. The molecule has 1 amide bonds. The third-order valence-electron chi connectivity index (χ3n) is 4.23. The van der Waals surface area contributed by atoms with E-state index in [9.17, 15) is 18.0 Å². The summed E-state index contributed by atoms with van der Waals surface area (Å²) in [5.41, 5.74) is 0.791. The van der Waals surface area contributed by atoms with E-state index in [0.717, 1.165) is 6.42 Å². The fourth-order valence-corrected chi connectivity index (χ4v) is 4.55. The quantitative estimate of drug-likeness (QED) is 0.739. The number of benzene rings is 1. The second kappa shape index (κ2) is 6.80. The molecular weight excluding hydrogens is 332 g/mol. The van der Waals surface area contributed by atoms with Gasteiger partial charge in [-0.05, 0) is 31.0 Å². The molecule has 0 saturated carbocycles. The van der Waals surface area contributed by atoms with Gasteiger partial charge in [-0.1, -0.05) is 6.07 Å². The van der Waals surface area contributed by atoms with Crippen molar-refractivity contribution in [1.82, 2.24) is 4.90 Å². The molecular formula is C16H20N2O5S. The molecule has 0 aromatic heterocycles. The summed E-state index contributed by atoms with van der Waals surface area (Å²) in [7, 11) is -3.28. The van der Waals surface area contributed by atoms with Crippen LogP contribution >= 0.6 is 0 Å². The van der Waals surface area contributed by atoms with E-state index in [-0.39, 0.29) is 18.3 Å². The first-order valence-corrected chi connectivity index (χ1v) is 9.64. The van der Waals surface area contributed by atoms with Crippen LogP contribution in [0, 0.1) is 0 Å². The molecule has 0 spiro atoms. The minimum Gasteiger partial charge on any atom is -0.460 e. The van der Waals surface area contributed by atoms with Crippen molar-refractivity contribution < 1.29 is 22.7 Å². The Morgan fingerprint density at radius 1 is 1.21 bits per heavy atom. The third kappa shape index (κ3) is 3.53. The van der Waals surface area contributed by atoms with Gasteiger partial charge in [0.1, 0.15) is 6.61 Å². The summed E-state index contributed by atoms with van der Waals surface area (Å²) >= 11 is 0. The standard InChI is InChI=1S/C16H20N2O5S/c19-15-6-2-7-17(15)9-10-23-16(20)13-4-1-5-14(12-13)18-8-3-11-24(18,21)22/h1,4-5,12H,2-3,6-11H2. The minimum atomic E-state index is -3.28. The summed E-state index contributed by atoms with van der Waals surface area (Å²) in [6.07, 6.45) is 1.99. The molecule has 2 heterocycles. The number of carbonyl (C=O) groups excluding carboxylic acids is 2. The highest BCUT2D eigenvalue weighted by Crippen LogP contribution is 2.25. The lowest BCUT2D eigenvalue weighted by Crippen LogP contribution is -2.29. The topological polar surface area (TPSA) is 84.0 Å². The molecule has 130 valence electrons. The first kappa shape index (κ1) is 16.8. The van der Waals surface area contributed by atoms with E-state index < -0.39 is 16.0 Å². The van der Waals surface area contributed by atoms with Gasteiger partial charge in [-0.2, -0.15) is 0 Å². The Morgan fingerprint density at radius 2 is 2.04 bits per heavy atom. The zero-order valence-electron chi connectivity index (χ0n) is 13.3. The van der Waals surface area contributed by atoms with Crippen molar-refractivity contribution in [1.29, 1.82) is 0 Å². The van der Waals surface area contributed by atoms with Crippen LogP contribution in [-0.2, 0) is 19.6 Å². The minimum absolute atomic E-state index is 0.0901. The predicted octanol–water partition coefficient (Wildman–Crippen LogP) is 1.01. The summed E-state index contributed by atoms with van der Waals surface area (Å²) in [5.74, 6) is -0.293. The van der Waals surface area contributed by atoms with E-state index in [1.807, 2.05) is 0 Å². The predicted molar refractivity (Wildman–Crippen MR) is 88.3 cm³/mol. The van der Waals surface area contributed by atoms with Gasteiger partial charge in [-0.15, -0.1) is 0 Å². The number of esters is 1. The number of amides is 1. The lowest BCUT2D eigenvalue weighted by molar-refractivity contribution is -0.128. The molecule has 1 aromatic rings. The lowest BCUT2D eigenvalue weighted by Gasteiger charge is -2.18. The summed E-state index contributed by atoms with van der Waals surface area (Å²) in [5, 5.41) is 0. The van der Waals surface area contributed by atoms with E-state index in [1.54, 1.807) is 23.1 Å². The van der Waals surface area contributed by atoms with Crippen molar-refractivity contribution in [2.24, 2.45) is 0 Å². The van der Waals surface area contributed by atoms with E-state index in [2.05, 4.69) is 0 Å². The van der Waals surface area contributed by atoms with Crippen molar-refractivity contribution in [3.05, 3.63) is 29.8 Å². The second-order valence-corrected chi connectivity index (χ2v) is 7.93. The Bertz CT molecular complexity index is 747. The third-order valence-corrected chi connectivity index (χ3v) is 6.10. The molecule has 8 heteroatoms. The molecule has 24 heavy (non-hydrogen) atoms. The molecule has 2 fully saturated rings. The van der Waals surface area contributed by atoms with Gasteiger partial charge in [0.25, 0.3) is 0 Å². The average Bonchev–Trinajstić information content (AvgIpc) is 3.12. The molecule has 0 aliphatic carbocycles. The SMILES string of the molecule is O=C(OCCN1CCCC1=O)c1cccc(N2CCCS2(=O)=O)c1. The van der Waals surface area contributed by atoms with Gasteiger partial charge < -0.3 is 9.64 Å². The number of hydrogen-bond acceptors (Lipinski definition) is 5. The van der Waals surface area contributed by atoms with E-state index in [4.69, 9.17) is 4.74 Å². The molecule has 2 aliphatic rings. The number of ether oxygens (including phenoxy) is 1. The first-order valence-electron chi connectivity index (χ1n) is 8.03. The van der Waals surface area contributed by atoms with Crippen molar-refractivity contribution in [3.63, 3.8) is 0 Å². The Morgan fingerprint density at radius 3 is 2.71 bits per heavy atom. The molecule has 0 bridgehead atoms. The van der Waals surface area contributed by atoms with Crippen molar-refractivity contribution >= 4 is 27.6 Å². The van der Waals surface area contributed by atoms with Crippen molar-refractivity contribution in [2.45, 2.75) is 19.3 Å². The van der Waals surface area contributed by atoms with Crippen LogP contribution in [0.15, 0.2) is 24.3 Å². The molecule has 0 atom stereocenters. The molecule has 2 aliphatic heterocycles. The fourth-order valence-electron chi connectivity index (χ4n) is 2.99. The molecule has 7 nitrogen and oxygen atoms in total. The van der Waals surface area contributed by atoms with Crippen LogP contribution in [0.1, 0.15) is 29.6 Å². The van der Waals surface area contributed by atoms with E-state index >= 15 is 0 Å². The molecule has 3 rings (SSSR count). The van der Waals surface area contributed by atoms with Crippen LogP contribution in [0.25, 0.3) is 0 Å². The Labute approximate surface area is 141 Å². The Hall–Kier alpha value is -2.09. The van der Waals surface area contributed by atoms with E-state index in [1.165, 1.54) is 10.4 Å². The highest BCUT2D eigenvalue weighted by molar-refractivity contribution is 7.93. The Kier molecular flexibility index (Phi) is 4.75. The molecule has 0 radical (unpaired) electrons. The number of likely N-dealkylation sites (tertiary alicyclic amines) is 1. The van der Waals surface area contributed by atoms with Gasteiger partial charge in [0.05, 0.1) is 23.5 Å². The maximum atomic E-state index is 12.1. The Balaban J connectivity index is 1.61. The van der Waals surface area contributed by atoms with Crippen LogP contribution in [-0.4, -0.2) is 57.2 Å². The normalized spacial score (nSPS) is 19.8. The highest BCUT2D eigenvalue weighted by Gasteiger charge is 2.28. The fraction of sp³-hybridized carbons (Fsp3) is 0.500. The summed E-state index contributed by atoms with van der Waals surface area (Å²) < 4.78 is 30.5. The van der Waals surface area contributed by atoms with Gasteiger partial charge in [0.15, 0.2) is 0 Å².